The minimum Gasteiger partial charge on any atom is -0.309 e. The van der Waals surface area contributed by atoms with E-state index in [9.17, 15) is 0 Å². The molecule has 0 amide bonds. The Bertz CT molecular complexity index is 3270. The van der Waals surface area contributed by atoms with Crippen molar-refractivity contribution in [3.05, 3.63) is 158 Å². The van der Waals surface area contributed by atoms with Crippen LogP contribution >= 0.6 is 0 Å². The summed E-state index contributed by atoms with van der Waals surface area (Å²) in [4.78, 5) is 4.50. The van der Waals surface area contributed by atoms with E-state index in [4.69, 9.17) is 0 Å². The topological polar surface area (TPSA) is 27.2 Å². The second kappa shape index (κ2) is 9.03. The van der Waals surface area contributed by atoms with Gasteiger partial charge in [0.2, 0.25) is 0 Å². The molecule has 4 heteroatoms. The molecule has 5 heterocycles. The van der Waals surface area contributed by atoms with E-state index in [1.165, 1.54) is 87.0 Å². The summed E-state index contributed by atoms with van der Waals surface area (Å²) >= 11 is 0. The van der Waals surface area contributed by atoms with Crippen LogP contribution in [0.15, 0.2) is 158 Å². The van der Waals surface area contributed by atoms with Gasteiger partial charge in [-0.25, -0.2) is 0 Å². The van der Waals surface area contributed by atoms with Crippen LogP contribution in [0.5, 0.6) is 0 Å². The number of hydrogen-bond acceptors (Lipinski definition) is 1. The lowest BCUT2D eigenvalue weighted by atomic mass is 10.0. The molecule has 12 rings (SSSR count). The van der Waals surface area contributed by atoms with Crippen LogP contribution < -0.4 is 0 Å². The molecule has 12 aromatic rings. The lowest BCUT2D eigenvalue weighted by Gasteiger charge is -2.12. The Balaban J connectivity index is 1.22. The number of pyridine rings is 1. The Morgan fingerprint density at radius 2 is 0.939 bits per heavy atom. The summed E-state index contributed by atoms with van der Waals surface area (Å²) in [5, 5.41) is 12.7. The first kappa shape index (κ1) is 25.4. The maximum Gasteiger partial charge on any atom is 0.0724 e. The van der Waals surface area contributed by atoms with Crippen LogP contribution in [0.25, 0.3) is 104 Å². The van der Waals surface area contributed by atoms with Crippen molar-refractivity contribution in [2.75, 3.05) is 0 Å². The fourth-order valence-electron chi connectivity index (χ4n) is 8.87. The van der Waals surface area contributed by atoms with E-state index >= 15 is 0 Å². The molecule has 49 heavy (non-hydrogen) atoms. The monoisotopic (exact) mass is 622 g/mol. The van der Waals surface area contributed by atoms with E-state index in [2.05, 4.69) is 164 Å². The van der Waals surface area contributed by atoms with Crippen LogP contribution in [0.4, 0.5) is 0 Å². The average molecular weight is 623 g/mol. The molecule has 226 valence electrons. The molecule has 5 aromatic heterocycles. The van der Waals surface area contributed by atoms with Gasteiger partial charge < -0.3 is 13.5 Å². The molecule has 7 aromatic carbocycles. The zero-order valence-corrected chi connectivity index (χ0v) is 26.3. The first-order chi connectivity index (χ1) is 24.3. The third kappa shape index (κ3) is 3.12. The Labute approximate surface area is 279 Å². The molecule has 0 N–H and O–H groups in total. The minimum absolute atomic E-state index is 1.11. The zero-order chi connectivity index (χ0) is 31.8. The summed E-state index contributed by atoms with van der Waals surface area (Å²) in [5.74, 6) is 0. The van der Waals surface area contributed by atoms with Crippen molar-refractivity contribution < 1.29 is 0 Å². The van der Waals surface area contributed by atoms with Gasteiger partial charge in [-0.2, -0.15) is 0 Å². The molecule has 0 fully saturated rings. The minimum atomic E-state index is 1.11. The number of fused-ring (bicyclic) bond motifs is 15. The predicted octanol–water partition coefficient (Wildman–Crippen LogP) is 11.6. The highest BCUT2D eigenvalue weighted by Gasteiger charge is 2.25. The zero-order valence-electron chi connectivity index (χ0n) is 26.3. The third-order valence-electron chi connectivity index (χ3n) is 10.8. The van der Waals surface area contributed by atoms with Crippen LogP contribution in [-0.2, 0) is 0 Å². The molecule has 0 aliphatic heterocycles. The van der Waals surface area contributed by atoms with Gasteiger partial charge in [0.15, 0.2) is 0 Å². The number of rotatable bonds is 2. The Hall–Kier alpha value is -6.65. The predicted molar refractivity (Wildman–Crippen MR) is 205 cm³/mol. The standard InChI is InChI=1S/C45H26N4/c1-2-10-30-27(9-1)17-22-35-42-44-36(25-37-33-13-5-8-16-40(33)49(43(30)35)45(37)42)32-12-4-7-15-39(32)48(44)29-20-18-28(19-21-29)47-38-14-6-3-11-31(38)34-23-24-46-26-41(34)47/h1-26H. The third-order valence-corrected chi connectivity index (χ3v) is 10.8. The van der Waals surface area contributed by atoms with Gasteiger partial charge in [-0.05, 0) is 60.0 Å². The first-order valence-corrected chi connectivity index (χ1v) is 16.8. The lowest BCUT2D eigenvalue weighted by molar-refractivity contribution is 1.14. The van der Waals surface area contributed by atoms with Crippen LogP contribution in [0.3, 0.4) is 0 Å². The fraction of sp³-hybridized carbons (Fsp3) is 0. The van der Waals surface area contributed by atoms with Gasteiger partial charge in [0, 0.05) is 66.0 Å². The van der Waals surface area contributed by atoms with E-state index in [1.54, 1.807) is 0 Å². The molecule has 0 saturated heterocycles. The van der Waals surface area contributed by atoms with Gasteiger partial charge >= 0.3 is 0 Å². The van der Waals surface area contributed by atoms with Crippen molar-refractivity contribution in [3.63, 3.8) is 0 Å². The van der Waals surface area contributed by atoms with E-state index < -0.39 is 0 Å². The van der Waals surface area contributed by atoms with Gasteiger partial charge in [-0.15, -0.1) is 0 Å². The molecule has 0 radical (unpaired) electrons. The van der Waals surface area contributed by atoms with Gasteiger partial charge in [-0.1, -0.05) is 91.0 Å². The summed E-state index contributed by atoms with van der Waals surface area (Å²) in [6.45, 7) is 0. The molecule has 0 aliphatic carbocycles. The number of hydrogen-bond donors (Lipinski definition) is 0. The van der Waals surface area contributed by atoms with Crippen molar-refractivity contribution in [1.82, 2.24) is 18.5 Å². The van der Waals surface area contributed by atoms with Crippen LogP contribution in [0, 0.1) is 0 Å². The first-order valence-electron chi connectivity index (χ1n) is 16.8. The number of benzene rings is 7. The molecule has 0 aliphatic rings. The SMILES string of the molecule is c1ccc2c(c1)ccc1c3c4c(cc5c6ccccc6n(c21)c53)c1ccccc1n4-c1ccc(-n2c3ccccc3c3ccncc32)cc1. The van der Waals surface area contributed by atoms with Crippen molar-refractivity contribution in [3.8, 4) is 11.4 Å². The molecular weight excluding hydrogens is 597 g/mol. The lowest BCUT2D eigenvalue weighted by Crippen LogP contribution is -1.97. The van der Waals surface area contributed by atoms with Crippen LogP contribution in [0.2, 0.25) is 0 Å². The normalized spacial score (nSPS) is 12.5. The van der Waals surface area contributed by atoms with Crippen LogP contribution in [-0.4, -0.2) is 18.5 Å². The maximum atomic E-state index is 4.50. The second-order valence-electron chi connectivity index (χ2n) is 13.2. The summed E-state index contributed by atoms with van der Waals surface area (Å²) in [7, 11) is 0. The summed E-state index contributed by atoms with van der Waals surface area (Å²) in [6.07, 6.45) is 3.86. The van der Waals surface area contributed by atoms with Crippen molar-refractivity contribution in [2.24, 2.45) is 0 Å². The van der Waals surface area contributed by atoms with Crippen molar-refractivity contribution >= 4 is 92.5 Å². The van der Waals surface area contributed by atoms with Gasteiger partial charge in [0.1, 0.15) is 0 Å². The van der Waals surface area contributed by atoms with E-state index in [0.717, 1.165) is 16.9 Å². The largest absolute Gasteiger partial charge is 0.309 e. The van der Waals surface area contributed by atoms with Crippen molar-refractivity contribution in [2.45, 2.75) is 0 Å². The highest BCUT2D eigenvalue weighted by Crippen LogP contribution is 2.47. The number of aromatic nitrogens is 4. The summed E-state index contributed by atoms with van der Waals surface area (Å²) in [6, 6.07) is 53.4. The Morgan fingerprint density at radius 3 is 1.71 bits per heavy atom. The Kier molecular flexibility index (Phi) is 4.69. The molecule has 0 spiro atoms. The Morgan fingerprint density at radius 1 is 0.367 bits per heavy atom. The van der Waals surface area contributed by atoms with E-state index in [1.807, 2.05) is 12.4 Å². The highest BCUT2D eigenvalue weighted by atomic mass is 15.0. The second-order valence-corrected chi connectivity index (χ2v) is 13.2. The molecule has 0 unspecified atom stereocenters. The molecule has 4 nitrogen and oxygen atoms in total. The number of nitrogens with zero attached hydrogens (tertiary/aromatic N) is 4. The van der Waals surface area contributed by atoms with E-state index in [-0.39, 0.29) is 0 Å². The van der Waals surface area contributed by atoms with E-state index in [0.29, 0.717) is 0 Å². The smallest absolute Gasteiger partial charge is 0.0724 e. The molecule has 0 bridgehead atoms. The summed E-state index contributed by atoms with van der Waals surface area (Å²) in [5.41, 5.74) is 10.8. The molecule has 0 atom stereocenters. The quantitative estimate of drug-likeness (QED) is 0.188. The van der Waals surface area contributed by atoms with Gasteiger partial charge in [-0.3, -0.25) is 4.98 Å². The van der Waals surface area contributed by atoms with Gasteiger partial charge in [0.25, 0.3) is 0 Å². The fourth-order valence-corrected chi connectivity index (χ4v) is 8.87. The van der Waals surface area contributed by atoms with Crippen molar-refractivity contribution in [1.29, 1.82) is 0 Å². The highest BCUT2D eigenvalue weighted by molar-refractivity contribution is 6.36. The molecule has 0 saturated carbocycles. The molecular formula is C45H26N4. The van der Waals surface area contributed by atoms with Crippen LogP contribution in [0.1, 0.15) is 0 Å². The van der Waals surface area contributed by atoms with Gasteiger partial charge in [0.05, 0.1) is 44.8 Å². The maximum absolute atomic E-state index is 4.50. The number of para-hydroxylation sites is 3. The average Bonchev–Trinajstić information content (AvgIpc) is 3.89. The summed E-state index contributed by atoms with van der Waals surface area (Å²) < 4.78 is 7.34.